The first kappa shape index (κ1) is 36.8. The molecule has 4 heterocycles. The van der Waals surface area contributed by atoms with E-state index in [1.165, 1.54) is 92.7 Å². The van der Waals surface area contributed by atoms with E-state index in [0.717, 1.165) is 11.4 Å². The zero-order valence-electron chi connectivity index (χ0n) is 31.8. The van der Waals surface area contributed by atoms with Crippen LogP contribution >= 0.6 is 70.6 Å². The molecule has 60 heavy (non-hydrogen) atoms. The molecule has 2 nitrogen and oxygen atoms in total. The van der Waals surface area contributed by atoms with Crippen molar-refractivity contribution in [1.29, 1.82) is 0 Å². The Bertz CT molecular complexity index is 2710. The second-order valence-corrected chi connectivity index (χ2v) is 21.4. The SMILES string of the molecule is c1ccc2c(c1)SC(=C(C(=C1Sc3ccccc3S1)c1ccc(N3c4ccccc4Sc4ccccc43)cc1)c1ccc(N3c4ccccc4Sc4ccccc43)cc1)S2. The van der Waals surface area contributed by atoms with E-state index in [9.17, 15) is 0 Å². The molecule has 0 spiro atoms. The number of para-hydroxylation sites is 4. The normalized spacial score (nSPS) is 14.5. The van der Waals surface area contributed by atoms with Crippen molar-refractivity contribution >= 4 is 116 Å². The minimum Gasteiger partial charge on any atom is -0.308 e. The first-order valence-corrected chi connectivity index (χ1v) is 24.5. The Morgan fingerprint density at radius 3 is 0.783 bits per heavy atom. The van der Waals surface area contributed by atoms with Gasteiger partial charge in [0, 0.05) is 61.7 Å². The van der Waals surface area contributed by atoms with Crippen LogP contribution < -0.4 is 9.80 Å². The second-order valence-electron chi connectivity index (χ2n) is 14.5. The van der Waals surface area contributed by atoms with Crippen LogP contribution in [0.5, 0.6) is 0 Å². The number of fused-ring (bicyclic) bond motifs is 6. The molecule has 286 valence electrons. The summed E-state index contributed by atoms with van der Waals surface area (Å²) in [5.74, 6) is 0. The van der Waals surface area contributed by atoms with Crippen LogP contribution in [0.15, 0.2) is 242 Å². The first-order valence-electron chi connectivity index (χ1n) is 19.6. The van der Waals surface area contributed by atoms with E-state index in [0.29, 0.717) is 0 Å². The Kier molecular flexibility index (Phi) is 9.46. The molecule has 0 saturated heterocycles. The maximum Gasteiger partial charge on any atom is 0.0601 e. The molecular formula is C52H32N2S6. The highest BCUT2D eigenvalue weighted by atomic mass is 32.2. The van der Waals surface area contributed by atoms with Crippen LogP contribution in [0.25, 0.3) is 11.1 Å². The molecule has 8 aromatic carbocycles. The third-order valence-corrected chi connectivity index (χ3v) is 18.2. The van der Waals surface area contributed by atoms with Crippen molar-refractivity contribution in [2.45, 2.75) is 39.2 Å². The van der Waals surface area contributed by atoms with Gasteiger partial charge in [-0.2, -0.15) is 0 Å². The average molecular weight is 877 g/mol. The molecule has 0 aromatic heterocycles. The summed E-state index contributed by atoms with van der Waals surface area (Å²) in [7, 11) is 0. The lowest BCUT2D eigenvalue weighted by molar-refractivity contribution is 1.16. The van der Waals surface area contributed by atoms with Gasteiger partial charge < -0.3 is 9.80 Å². The summed E-state index contributed by atoms with van der Waals surface area (Å²) in [6.45, 7) is 0. The summed E-state index contributed by atoms with van der Waals surface area (Å²) in [6, 6.07) is 71.3. The molecule has 4 aliphatic rings. The predicted octanol–water partition coefficient (Wildman–Crippen LogP) is 17.4. The zero-order valence-corrected chi connectivity index (χ0v) is 36.7. The summed E-state index contributed by atoms with van der Waals surface area (Å²) in [5.41, 5.74) is 12.1. The quantitative estimate of drug-likeness (QED) is 0.167. The highest BCUT2D eigenvalue weighted by Gasteiger charge is 2.31. The van der Waals surface area contributed by atoms with Crippen molar-refractivity contribution in [1.82, 2.24) is 0 Å². The maximum atomic E-state index is 2.42. The van der Waals surface area contributed by atoms with Gasteiger partial charge in [0.05, 0.1) is 31.2 Å². The highest BCUT2D eigenvalue weighted by Crippen LogP contribution is 2.61. The fraction of sp³-hybridized carbons (Fsp3) is 0. The molecule has 12 rings (SSSR count). The third-order valence-electron chi connectivity index (χ3n) is 10.9. The molecule has 0 fully saturated rings. The maximum absolute atomic E-state index is 2.42. The van der Waals surface area contributed by atoms with Gasteiger partial charge in [0.2, 0.25) is 0 Å². The van der Waals surface area contributed by atoms with Crippen molar-refractivity contribution < 1.29 is 0 Å². The van der Waals surface area contributed by atoms with Crippen LogP contribution in [0.2, 0.25) is 0 Å². The highest BCUT2D eigenvalue weighted by molar-refractivity contribution is 8.25. The zero-order chi connectivity index (χ0) is 39.6. The van der Waals surface area contributed by atoms with Gasteiger partial charge in [0.25, 0.3) is 0 Å². The number of thioether (sulfide) groups is 4. The topological polar surface area (TPSA) is 6.48 Å². The number of benzene rings is 8. The van der Waals surface area contributed by atoms with Crippen LogP contribution in [0.4, 0.5) is 34.1 Å². The molecule has 0 N–H and O–H groups in total. The lowest BCUT2D eigenvalue weighted by Gasteiger charge is -2.33. The summed E-state index contributed by atoms with van der Waals surface area (Å²) in [6.07, 6.45) is 0. The van der Waals surface area contributed by atoms with Crippen LogP contribution in [-0.2, 0) is 0 Å². The van der Waals surface area contributed by atoms with Gasteiger partial charge in [0.1, 0.15) is 0 Å². The first-order chi connectivity index (χ1) is 29.7. The van der Waals surface area contributed by atoms with Crippen LogP contribution in [0, 0.1) is 0 Å². The van der Waals surface area contributed by atoms with Gasteiger partial charge in [0.15, 0.2) is 0 Å². The number of nitrogens with zero attached hydrogens (tertiary/aromatic N) is 2. The van der Waals surface area contributed by atoms with Crippen LogP contribution in [0.1, 0.15) is 11.1 Å². The molecule has 0 aliphatic carbocycles. The molecule has 4 aliphatic heterocycles. The third kappa shape index (κ3) is 6.44. The van der Waals surface area contributed by atoms with E-state index >= 15 is 0 Å². The fourth-order valence-electron chi connectivity index (χ4n) is 8.13. The molecule has 0 bridgehead atoms. The minimum atomic E-state index is 1.15. The van der Waals surface area contributed by atoms with E-state index < -0.39 is 0 Å². The molecule has 0 unspecified atom stereocenters. The molecule has 8 aromatic rings. The molecular weight excluding hydrogens is 845 g/mol. The van der Waals surface area contributed by atoms with Gasteiger partial charge in [-0.3, -0.25) is 0 Å². The fourth-order valence-corrected chi connectivity index (χ4v) is 15.5. The van der Waals surface area contributed by atoms with Crippen molar-refractivity contribution in [3.05, 3.63) is 214 Å². The monoisotopic (exact) mass is 876 g/mol. The molecule has 0 amide bonds. The smallest absolute Gasteiger partial charge is 0.0601 e. The molecule has 0 radical (unpaired) electrons. The van der Waals surface area contributed by atoms with Gasteiger partial charge in [-0.25, -0.2) is 0 Å². The Labute approximate surface area is 375 Å². The lowest BCUT2D eigenvalue weighted by Crippen LogP contribution is -2.14. The Morgan fingerprint density at radius 2 is 0.500 bits per heavy atom. The number of anilines is 6. The van der Waals surface area contributed by atoms with E-state index in [1.807, 2.05) is 70.6 Å². The van der Waals surface area contributed by atoms with Gasteiger partial charge >= 0.3 is 0 Å². The van der Waals surface area contributed by atoms with Crippen molar-refractivity contribution in [2.75, 3.05) is 9.80 Å². The molecule has 8 heteroatoms. The number of allylic oxidation sites excluding steroid dienone is 2. The van der Waals surface area contributed by atoms with Crippen LogP contribution in [-0.4, -0.2) is 0 Å². The Balaban J connectivity index is 1.02. The summed E-state index contributed by atoms with van der Waals surface area (Å²) >= 11 is 11.3. The van der Waals surface area contributed by atoms with Gasteiger partial charge in [-0.1, -0.05) is 168 Å². The van der Waals surface area contributed by atoms with Gasteiger partial charge in [-0.15, -0.1) is 0 Å². The van der Waals surface area contributed by atoms with Crippen molar-refractivity contribution in [3.63, 3.8) is 0 Å². The Hall–Kier alpha value is -5.06. The number of hydrogen-bond acceptors (Lipinski definition) is 8. The lowest BCUT2D eigenvalue weighted by atomic mass is 9.94. The summed E-state index contributed by atoms with van der Waals surface area (Å²) < 4.78 is 2.60. The van der Waals surface area contributed by atoms with E-state index in [2.05, 4.69) is 204 Å². The summed E-state index contributed by atoms with van der Waals surface area (Å²) in [5, 5.41) is 0. The van der Waals surface area contributed by atoms with Gasteiger partial charge in [-0.05, 0) is 108 Å². The van der Waals surface area contributed by atoms with E-state index in [1.54, 1.807) is 0 Å². The Morgan fingerprint density at radius 1 is 0.250 bits per heavy atom. The number of rotatable bonds is 5. The average Bonchev–Trinajstić information content (AvgIpc) is 3.94. The van der Waals surface area contributed by atoms with E-state index in [-0.39, 0.29) is 0 Å². The van der Waals surface area contributed by atoms with Crippen LogP contribution in [0.3, 0.4) is 0 Å². The number of hydrogen-bond donors (Lipinski definition) is 0. The molecule has 0 saturated carbocycles. The van der Waals surface area contributed by atoms with Crippen molar-refractivity contribution in [2.24, 2.45) is 0 Å². The largest absolute Gasteiger partial charge is 0.308 e. The predicted molar refractivity (Wildman–Crippen MR) is 261 cm³/mol. The summed E-state index contributed by atoms with van der Waals surface area (Å²) in [4.78, 5) is 15.1. The molecule has 0 atom stereocenters. The van der Waals surface area contributed by atoms with E-state index in [4.69, 9.17) is 0 Å². The standard InChI is InChI=1S/C52H32N2S6/c1-5-17-41-37(13-1)53(38-14-2-6-18-42(38)55-41)35-29-25-33(26-30-35)49(51-57-45-21-9-10-22-46(45)58-51)50(52-59-47-23-11-12-24-48(47)60-52)34-27-31-36(32-28-34)54-39-15-3-7-19-43(39)56-44-20-8-4-16-40(44)54/h1-32H. The minimum absolute atomic E-state index is 1.15. The second kappa shape index (κ2) is 15.4. The van der Waals surface area contributed by atoms with Crippen molar-refractivity contribution in [3.8, 4) is 0 Å².